The van der Waals surface area contributed by atoms with Crippen LogP contribution in [0.5, 0.6) is 11.5 Å². The molecule has 2 aromatic rings. The maximum Gasteiger partial charge on any atom is 0.576 e. The van der Waals surface area contributed by atoms with Crippen molar-refractivity contribution in [3.8, 4) is 11.5 Å². The molecular weight excluding hydrogens is 319 g/mol. The second kappa shape index (κ2) is 6.95. The molecule has 2 rings (SSSR count). The molecule has 0 amide bonds. The highest BCUT2D eigenvalue weighted by molar-refractivity contribution is 6.20. The summed E-state index contributed by atoms with van der Waals surface area (Å²) in [6, 6.07) is 3.03. The van der Waals surface area contributed by atoms with Crippen molar-refractivity contribution in [2.45, 2.75) is 0 Å². The average molecular weight is 326 g/mol. The minimum atomic E-state index is -1.12. The van der Waals surface area contributed by atoms with Gasteiger partial charge in [0.05, 0.1) is 11.1 Å². The number of aldehydes is 2. The lowest BCUT2D eigenvalue weighted by Crippen LogP contribution is -2.12. The minimum absolute atomic E-state index is 0.0189. The van der Waals surface area contributed by atoms with Crippen molar-refractivity contribution in [1.82, 2.24) is 0 Å². The van der Waals surface area contributed by atoms with E-state index >= 15 is 0 Å². The Morgan fingerprint density at radius 1 is 0.696 bits per heavy atom. The van der Waals surface area contributed by atoms with Crippen molar-refractivity contribution in [2.24, 2.45) is 0 Å². The molecule has 0 heterocycles. The van der Waals surface area contributed by atoms with Crippen LogP contribution in [0.3, 0.4) is 0 Å². The fraction of sp³-hybridized carbons (Fsp3) is 0. The van der Waals surface area contributed by atoms with E-state index in [0.29, 0.717) is 0 Å². The molecule has 0 aliphatic carbocycles. The maximum atomic E-state index is 13.3. The van der Waals surface area contributed by atoms with E-state index < -0.39 is 42.1 Å². The van der Waals surface area contributed by atoms with Gasteiger partial charge in [-0.15, -0.1) is 0 Å². The molecule has 0 unspecified atom stereocenters. The van der Waals surface area contributed by atoms with Gasteiger partial charge in [-0.05, 0) is 0 Å². The molecule has 0 atom stereocenters. The lowest BCUT2D eigenvalue weighted by atomic mass is 10.2. The molecule has 0 aliphatic heterocycles. The van der Waals surface area contributed by atoms with Gasteiger partial charge in [-0.3, -0.25) is 9.59 Å². The summed E-state index contributed by atoms with van der Waals surface area (Å²) >= 11 is 0. The first-order valence-electron chi connectivity index (χ1n) is 6.10. The molecule has 2 aromatic carbocycles. The van der Waals surface area contributed by atoms with Crippen molar-refractivity contribution in [3.63, 3.8) is 0 Å². The monoisotopic (exact) mass is 326 g/mol. The number of rotatable bonds is 6. The number of carbonyl (C=O) groups excluding carboxylic acids is 2. The highest BCUT2D eigenvalue weighted by Gasteiger charge is 2.13. The van der Waals surface area contributed by atoms with Crippen LogP contribution in [0.4, 0.5) is 17.6 Å². The fourth-order valence-corrected chi connectivity index (χ4v) is 1.68. The summed E-state index contributed by atoms with van der Waals surface area (Å²) in [6.45, 7) is 0. The van der Waals surface area contributed by atoms with Crippen LogP contribution in [-0.4, -0.2) is 20.3 Å². The van der Waals surface area contributed by atoms with Crippen LogP contribution in [0.15, 0.2) is 24.3 Å². The number of halogens is 4. The first-order chi connectivity index (χ1) is 11.0. The van der Waals surface area contributed by atoms with Gasteiger partial charge in [-0.2, -0.15) is 0 Å². The molecule has 0 aliphatic rings. The molecule has 0 aromatic heterocycles. The van der Waals surface area contributed by atoms with Gasteiger partial charge in [0.1, 0.15) is 34.8 Å². The molecule has 118 valence electrons. The van der Waals surface area contributed by atoms with E-state index in [-0.39, 0.29) is 24.1 Å². The van der Waals surface area contributed by atoms with Gasteiger partial charge in [0.25, 0.3) is 0 Å². The molecule has 0 saturated carbocycles. The second-order valence-electron chi connectivity index (χ2n) is 4.24. The van der Waals surface area contributed by atoms with Gasteiger partial charge < -0.3 is 9.31 Å². The predicted molar refractivity (Wildman–Crippen MR) is 71.9 cm³/mol. The Balaban J connectivity index is 2.06. The molecule has 23 heavy (non-hydrogen) atoms. The number of hydrogen-bond acceptors (Lipinski definition) is 4. The summed E-state index contributed by atoms with van der Waals surface area (Å²) < 4.78 is 63.1. The first kappa shape index (κ1) is 16.5. The Bertz CT molecular complexity index is 657. The highest BCUT2D eigenvalue weighted by Crippen LogP contribution is 2.21. The van der Waals surface area contributed by atoms with E-state index in [2.05, 4.69) is 0 Å². The van der Waals surface area contributed by atoms with Crippen molar-refractivity contribution < 1.29 is 36.5 Å². The van der Waals surface area contributed by atoms with Crippen LogP contribution in [0.1, 0.15) is 20.7 Å². The third kappa shape index (κ3) is 3.68. The number of carbonyl (C=O) groups is 2. The molecule has 0 bridgehead atoms. The summed E-state index contributed by atoms with van der Waals surface area (Å²) in [7, 11) is -0.612. The van der Waals surface area contributed by atoms with E-state index in [9.17, 15) is 27.2 Å². The smallest absolute Gasteiger partial charge is 0.528 e. The van der Waals surface area contributed by atoms with Gasteiger partial charge in [0.15, 0.2) is 12.6 Å². The largest absolute Gasteiger partial charge is 0.576 e. The van der Waals surface area contributed by atoms with Crippen LogP contribution in [-0.2, 0) is 0 Å². The lowest BCUT2D eigenvalue weighted by Gasteiger charge is -2.09. The van der Waals surface area contributed by atoms with Gasteiger partial charge in [0, 0.05) is 24.3 Å². The van der Waals surface area contributed by atoms with Crippen LogP contribution in [0.2, 0.25) is 0 Å². The van der Waals surface area contributed by atoms with Gasteiger partial charge in [-0.1, -0.05) is 0 Å². The summed E-state index contributed by atoms with van der Waals surface area (Å²) in [5.41, 5.74) is -1.49. The number of benzene rings is 2. The Labute approximate surface area is 127 Å². The third-order valence-electron chi connectivity index (χ3n) is 2.79. The fourth-order valence-electron chi connectivity index (χ4n) is 1.68. The summed E-state index contributed by atoms with van der Waals surface area (Å²) in [5.74, 6) is -5.05. The zero-order chi connectivity index (χ0) is 17.0. The Morgan fingerprint density at radius 2 is 1.00 bits per heavy atom. The Morgan fingerprint density at radius 3 is 1.26 bits per heavy atom. The SMILES string of the molecule is O=Cc1c(F)cc(OBOc2cc(F)c(C=O)c(F)c2)cc1F. The normalized spacial score (nSPS) is 10.1. The molecule has 0 saturated heterocycles. The van der Waals surface area contributed by atoms with Crippen molar-refractivity contribution in [1.29, 1.82) is 0 Å². The van der Waals surface area contributed by atoms with Crippen molar-refractivity contribution in [2.75, 3.05) is 0 Å². The third-order valence-corrected chi connectivity index (χ3v) is 2.79. The van der Waals surface area contributed by atoms with Crippen LogP contribution < -0.4 is 9.31 Å². The lowest BCUT2D eigenvalue weighted by molar-refractivity contribution is 0.110. The Kier molecular flexibility index (Phi) is 5.00. The second-order valence-corrected chi connectivity index (χ2v) is 4.24. The van der Waals surface area contributed by atoms with E-state index in [1.54, 1.807) is 0 Å². The molecule has 0 spiro atoms. The van der Waals surface area contributed by atoms with E-state index in [4.69, 9.17) is 9.31 Å². The first-order valence-corrected chi connectivity index (χ1v) is 6.10. The summed E-state index contributed by atoms with van der Waals surface area (Å²) in [5, 5.41) is 0. The van der Waals surface area contributed by atoms with Gasteiger partial charge >= 0.3 is 7.69 Å². The molecule has 0 fully saturated rings. The standard InChI is InChI=1S/C14H7BF4O4/c16-11-1-7(2-12(17)9(11)5-20)22-15-23-8-3-13(18)10(6-21)14(19)4-8/h1-6,15H. The zero-order valence-corrected chi connectivity index (χ0v) is 11.3. The van der Waals surface area contributed by atoms with E-state index in [0.717, 1.165) is 24.3 Å². The van der Waals surface area contributed by atoms with E-state index in [1.807, 2.05) is 0 Å². The van der Waals surface area contributed by atoms with Crippen molar-refractivity contribution >= 4 is 20.3 Å². The van der Waals surface area contributed by atoms with Crippen molar-refractivity contribution in [3.05, 3.63) is 58.7 Å². The van der Waals surface area contributed by atoms with E-state index in [1.165, 1.54) is 0 Å². The molecule has 0 radical (unpaired) electrons. The molecule has 9 heteroatoms. The van der Waals surface area contributed by atoms with Crippen LogP contribution >= 0.6 is 0 Å². The molecule has 4 nitrogen and oxygen atoms in total. The summed E-state index contributed by atoms with van der Waals surface area (Å²) in [4.78, 5) is 20.9. The average Bonchev–Trinajstić information content (AvgIpc) is 2.46. The molecular formula is C14H7BF4O4. The topological polar surface area (TPSA) is 52.6 Å². The number of hydrogen-bond donors (Lipinski definition) is 0. The zero-order valence-electron chi connectivity index (χ0n) is 11.3. The quantitative estimate of drug-likeness (QED) is 0.465. The predicted octanol–water partition coefficient (Wildman–Crippen LogP) is 2.59. The summed E-state index contributed by atoms with van der Waals surface area (Å²) in [6.07, 6.45) is 0.0379. The Hall–Kier alpha value is -2.84. The van der Waals surface area contributed by atoms with Crippen LogP contribution in [0.25, 0.3) is 0 Å². The van der Waals surface area contributed by atoms with Crippen LogP contribution in [0, 0.1) is 23.3 Å². The van der Waals surface area contributed by atoms with Gasteiger partial charge in [-0.25, -0.2) is 17.6 Å². The maximum absolute atomic E-state index is 13.3. The highest BCUT2D eigenvalue weighted by atomic mass is 19.1. The minimum Gasteiger partial charge on any atom is -0.528 e. The van der Waals surface area contributed by atoms with Gasteiger partial charge in [0.2, 0.25) is 0 Å². The molecule has 0 N–H and O–H groups in total.